The van der Waals surface area contributed by atoms with E-state index in [9.17, 15) is 13.2 Å². The summed E-state index contributed by atoms with van der Waals surface area (Å²) in [5.41, 5.74) is 3.81. The van der Waals surface area contributed by atoms with Crippen molar-refractivity contribution in [2.75, 3.05) is 24.2 Å². The Morgan fingerprint density at radius 2 is 1.90 bits per heavy atom. The van der Waals surface area contributed by atoms with E-state index in [0.717, 1.165) is 17.4 Å². The molecule has 6 nitrogen and oxygen atoms in total. The van der Waals surface area contributed by atoms with Crippen molar-refractivity contribution in [3.8, 4) is 5.75 Å². The third kappa shape index (κ3) is 6.37. The topological polar surface area (TPSA) is 75.7 Å². The number of hydrogen-bond donors (Lipinski definition) is 1. The van der Waals surface area contributed by atoms with E-state index in [1.807, 2.05) is 32.9 Å². The second-order valence-electron chi connectivity index (χ2n) is 7.41. The minimum absolute atomic E-state index is 0.121. The van der Waals surface area contributed by atoms with Crippen molar-refractivity contribution in [3.63, 3.8) is 0 Å². The molecule has 0 aliphatic carbocycles. The van der Waals surface area contributed by atoms with E-state index < -0.39 is 10.0 Å². The minimum atomic E-state index is -3.53. The molecular weight excluding hydrogens is 424 g/mol. The maximum atomic E-state index is 12.4. The van der Waals surface area contributed by atoms with Gasteiger partial charge in [-0.05, 0) is 56.5 Å². The normalized spacial score (nSPS) is 12.3. The van der Waals surface area contributed by atoms with Crippen LogP contribution in [0.1, 0.15) is 42.5 Å². The van der Waals surface area contributed by atoms with Gasteiger partial charge in [0, 0.05) is 13.0 Å². The fourth-order valence-electron chi connectivity index (χ4n) is 3.38. The summed E-state index contributed by atoms with van der Waals surface area (Å²) in [7, 11) is -2.03. The van der Waals surface area contributed by atoms with Gasteiger partial charge in [0.05, 0.1) is 30.1 Å². The Balaban J connectivity index is 1.99. The average Bonchev–Trinajstić information content (AvgIpc) is 2.64. The summed E-state index contributed by atoms with van der Waals surface area (Å²) >= 11 is 6.14. The molecule has 1 N–H and O–H groups in total. The first kappa shape index (κ1) is 24.0. The molecule has 1 amide bonds. The molecule has 8 heteroatoms. The van der Waals surface area contributed by atoms with Crippen molar-refractivity contribution in [1.29, 1.82) is 0 Å². The highest BCUT2D eigenvalue weighted by Gasteiger charge is 2.19. The Hall–Kier alpha value is -2.25. The summed E-state index contributed by atoms with van der Waals surface area (Å²) < 4.78 is 30.9. The Morgan fingerprint density at radius 3 is 2.47 bits per heavy atom. The molecule has 0 heterocycles. The van der Waals surface area contributed by atoms with Crippen LogP contribution in [0.5, 0.6) is 5.75 Å². The van der Waals surface area contributed by atoms with Gasteiger partial charge in [0.2, 0.25) is 15.9 Å². The summed E-state index contributed by atoms with van der Waals surface area (Å²) in [6.45, 7) is 6.17. The van der Waals surface area contributed by atoms with Crippen molar-refractivity contribution in [2.45, 2.75) is 39.7 Å². The van der Waals surface area contributed by atoms with E-state index in [4.69, 9.17) is 16.3 Å². The van der Waals surface area contributed by atoms with Gasteiger partial charge in [-0.3, -0.25) is 9.10 Å². The number of benzene rings is 2. The number of carbonyl (C=O) groups is 1. The number of nitrogens with one attached hydrogen (secondary N) is 1. The summed E-state index contributed by atoms with van der Waals surface area (Å²) in [4.78, 5) is 12.4. The van der Waals surface area contributed by atoms with Crippen molar-refractivity contribution in [2.24, 2.45) is 0 Å². The van der Waals surface area contributed by atoms with Gasteiger partial charge in [-0.2, -0.15) is 0 Å². The molecule has 2 aromatic rings. The molecule has 164 valence electrons. The van der Waals surface area contributed by atoms with Crippen LogP contribution in [0.3, 0.4) is 0 Å². The van der Waals surface area contributed by atoms with E-state index >= 15 is 0 Å². The van der Waals surface area contributed by atoms with Crippen LogP contribution in [-0.2, 0) is 14.8 Å². The Morgan fingerprint density at radius 1 is 1.20 bits per heavy atom. The maximum absolute atomic E-state index is 12.4. The number of nitrogens with zero attached hydrogens (tertiary/aromatic N) is 1. The molecule has 1 atom stereocenters. The minimum Gasteiger partial charge on any atom is -0.495 e. The lowest BCUT2D eigenvalue weighted by Gasteiger charge is -2.23. The fourth-order valence-corrected chi connectivity index (χ4v) is 4.59. The number of anilines is 1. The predicted octanol–water partition coefficient (Wildman–Crippen LogP) is 4.39. The third-order valence-electron chi connectivity index (χ3n) is 4.86. The standard InChI is InChI=1S/C22H29ClN2O4S/c1-15-8-10-19(16(2)13-15)17(3)24-22(26)7-6-12-25(30(5,27)28)18-9-11-21(29-4)20(23)14-18/h8-11,13-14,17H,6-7,12H2,1-5H3,(H,24,26)/t17-/m0/s1. The molecule has 0 saturated carbocycles. The van der Waals surface area contributed by atoms with E-state index in [1.165, 1.54) is 17.0 Å². The number of sulfonamides is 1. The van der Waals surface area contributed by atoms with E-state index in [-0.39, 0.29) is 24.9 Å². The summed E-state index contributed by atoms with van der Waals surface area (Å²) in [6, 6.07) is 10.8. The second-order valence-corrected chi connectivity index (χ2v) is 9.72. The Labute approximate surface area is 184 Å². The van der Waals surface area contributed by atoms with Crippen molar-refractivity contribution >= 4 is 33.2 Å². The molecule has 0 aliphatic rings. The lowest BCUT2D eigenvalue weighted by atomic mass is 10.00. The molecule has 2 aromatic carbocycles. The molecule has 0 unspecified atom stereocenters. The maximum Gasteiger partial charge on any atom is 0.232 e. The van der Waals surface area contributed by atoms with E-state index in [0.29, 0.717) is 22.9 Å². The zero-order valence-electron chi connectivity index (χ0n) is 18.0. The van der Waals surface area contributed by atoms with Crippen LogP contribution in [0, 0.1) is 13.8 Å². The first-order chi connectivity index (χ1) is 14.0. The SMILES string of the molecule is COc1ccc(N(CCCC(=O)N[C@@H](C)c2ccc(C)cc2C)S(C)(=O)=O)cc1Cl. The number of rotatable bonds is 9. The average molecular weight is 453 g/mol. The van der Waals surface area contributed by atoms with Crippen LogP contribution in [0.15, 0.2) is 36.4 Å². The molecule has 2 rings (SSSR count). The first-order valence-corrected chi connectivity index (χ1v) is 11.9. The van der Waals surface area contributed by atoms with Crippen LogP contribution >= 0.6 is 11.6 Å². The Bertz CT molecular complexity index is 1010. The number of halogens is 1. The van der Waals surface area contributed by atoms with Crippen molar-refractivity contribution < 1.29 is 17.9 Å². The van der Waals surface area contributed by atoms with Crippen molar-refractivity contribution in [1.82, 2.24) is 5.32 Å². The second kappa shape index (κ2) is 10.2. The van der Waals surface area contributed by atoms with Gasteiger partial charge in [0.1, 0.15) is 5.75 Å². The number of ether oxygens (including phenoxy) is 1. The van der Waals surface area contributed by atoms with Crippen LogP contribution in [0.2, 0.25) is 5.02 Å². The van der Waals surface area contributed by atoms with Gasteiger partial charge in [-0.15, -0.1) is 0 Å². The molecule has 0 saturated heterocycles. The van der Waals surface area contributed by atoms with Gasteiger partial charge >= 0.3 is 0 Å². The molecule has 0 radical (unpaired) electrons. The van der Waals surface area contributed by atoms with Gasteiger partial charge in [0.25, 0.3) is 0 Å². The number of carbonyl (C=O) groups excluding carboxylic acids is 1. The number of aryl methyl sites for hydroxylation is 2. The predicted molar refractivity (Wildman–Crippen MR) is 122 cm³/mol. The summed E-state index contributed by atoms with van der Waals surface area (Å²) in [6.07, 6.45) is 1.72. The molecule has 0 aliphatic heterocycles. The number of amides is 1. The quantitative estimate of drug-likeness (QED) is 0.612. The highest BCUT2D eigenvalue weighted by atomic mass is 35.5. The van der Waals surface area contributed by atoms with Crippen LogP contribution in [-0.4, -0.2) is 34.2 Å². The zero-order chi connectivity index (χ0) is 22.5. The van der Waals surface area contributed by atoms with Gasteiger partial charge < -0.3 is 10.1 Å². The number of methoxy groups -OCH3 is 1. The van der Waals surface area contributed by atoms with E-state index in [1.54, 1.807) is 18.2 Å². The zero-order valence-corrected chi connectivity index (χ0v) is 19.6. The van der Waals surface area contributed by atoms with Crippen LogP contribution < -0.4 is 14.4 Å². The first-order valence-electron chi connectivity index (χ1n) is 9.70. The fraction of sp³-hybridized carbons (Fsp3) is 0.409. The molecule has 30 heavy (non-hydrogen) atoms. The van der Waals surface area contributed by atoms with Crippen molar-refractivity contribution in [3.05, 3.63) is 58.1 Å². The molecular formula is C22H29ClN2O4S. The summed E-state index contributed by atoms with van der Waals surface area (Å²) in [5, 5.41) is 3.31. The Kier molecular flexibility index (Phi) is 8.15. The van der Waals surface area contributed by atoms with Crippen LogP contribution in [0.25, 0.3) is 0 Å². The molecule has 0 spiro atoms. The third-order valence-corrected chi connectivity index (χ3v) is 6.35. The molecule has 0 bridgehead atoms. The lowest BCUT2D eigenvalue weighted by Crippen LogP contribution is -2.32. The molecule has 0 aromatic heterocycles. The van der Waals surface area contributed by atoms with Gasteiger partial charge in [-0.25, -0.2) is 8.42 Å². The van der Waals surface area contributed by atoms with E-state index in [2.05, 4.69) is 11.4 Å². The highest BCUT2D eigenvalue weighted by Crippen LogP contribution is 2.30. The monoisotopic (exact) mass is 452 g/mol. The molecule has 0 fully saturated rings. The lowest BCUT2D eigenvalue weighted by molar-refractivity contribution is -0.121. The highest BCUT2D eigenvalue weighted by molar-refractivity contribution is 7.92. The number of hydrogen-bond acceptors (Lipinski definition) is 4. The van der Waals surface area contributed by atoms with Gasteiger partial charge in [-0.1, -0.05) is 35.4 Å². The largest absolute Gasteiger partial charge is 0.495 e. The van der Waals surface area contributed by atoms with Gasteiger partial charge in [0.15, 0.2) is 0 Å². The van der Waals surface area contributed by atoms with Crippen LogP contribution in [0.4, 0.5) is 5.69 Å². The summed E-state index contributed by atoms with van der Waals surface area (Å²) in [5.74, 6) is 0.345. The smallest absolute Gasteiger partial charge is 0.232 e.